The lowest BCUT2D eigenvalue weighted by atomic mass is 10.2. The van der Waals surface area contributed by atoms with E-state index in [4.69, 9.17) is 4.74 Å². The van der Waals surface area contributed by atoms with Gasteiger partial charge in [0.25, 0.3) is 0 Å². The van der Waals surface area contributed by atoms with Gasteiger partial charge in [0.15, 0.2) is 9.84 Å². The zero-order valence-electron chi connectivity index (χ0n) is 12.7. The Bertz CT molecular complexity index is 755. The largest absolute Gasteiger partial charge is 0.492 e. The minimum absolute atomic E-state index is 0.219. The Morgan fingerprint density at radius 3 is 2.62 bits per heavy atom. The third-order valence-corrected chi connectivity index (χ3v) is 5.48. The zero-order chi connectivity index (χ0) is 15.6. The lowest BCUT2D eigenvalue weighted by Crippen LogP contribution is -2.15. The van der Waals surface area contributed by atoms with Crippen molar-refractivity contribution in [1.29, 1.82) is 0 Å². The van der Waals surface area contributed by atoms with Crippen molar-refractivity contribution in [2.75, 3.05) is 19.0 Å². The van der Waals surface area contributed by atoms with Gasteiger partial charge < -0.3 is 10.1 Å². The molecule has 0 atom stereocenters. The smallest absolute Gasteiger partial charge is 0.184 e. The Morgan fingerprint density at radius 2 is 2.05 bits per heavy atom. The second-order valence-corrected chi connectivity index (χ2v) is 7.42. The van der Waals surface area contributed by atoms with Crippen LogP contribution in [0.5, 0.6) is 5.75 Å². The van der Waals surface area contributed by atoms with Gasteiger partial charge in [-0.15, -0.1) is 0 Å². The van der Waals surface area contributed by atoms with Crippen molar-refractivity contribution < 1.29 is 13.2 Å². The number of aromatic nitrogens is 1. The monoisotopic (exact) mass is 308 g/mol. The molecule has 6 heteroatoms. The highest BCUT2D eigenvalue weighted by Crippen LogP contribution is 2.34. The Hall–Kier alpha value is -1.82. The summed E-state index contributed by atoms with van der Waals surface area (Å²) in [5, 5.41) is 3.31. The molecule has 0 saturated carbocycles. The summed E-state index contributed by atoms with van der Waals surface area (Å²) in [4.78, 5) is 4.50. The Morgan fingerprint density at radius 1 is 1.33 bits per heavy atom. The summed E-state index contributed by atoms with van der Waals surface area (Å²) >= 11 is 0. The number of hydrogen-bond acceptors (Lipinski definition) is 5. The maximum Gasteiger partial charge on any atom is 0.184 e. The molecule has 1 aromatic heterocycles. The van der Waals surface area contributed by atoms with Gasteiger partial charge in [-0.1, -0.05) is 0 Å². The summed E-state index contributed by atoms with van der Waals surface area (Å²) in [6.45, 7) is 5.56. The summed E-state index contributed by atoms with van der Waals surface area (Å²) in [6.07, 6.45) is 1.68. The van der Waals surface area contributed by atoms with Crippen LogP contribution in [0.3, 0.4) is 0 Å². The number of rotatable bonds is 5. The van der Waals surface area contributed by atoms with Crippen molar-refractivity contribution >= 4 is 26.4 Å². The topological polar surface area (TPSA) is 68.3 Å². The van der Waals surface area contributed by atoms with Gasteiger partial charge in [-0.05, 0) is 32.9 Å². The molecule has 0 amide bonds. The van der Waals surface area contributed by atoms with Crippen molar-refractivity contribution in [2.45, 2.75) is 30.9 Å². The number of fused-ring (bicyclic) bond motifs is 1. The fourth-order valence-corrected chi connectivity index (χ4v) is 3.30. The number of pyridine rings is 1. The molecule has 1 heterocycles. The predicted octanol–water partition coefficient (Wildman–Crippen LogP) is 2.86. The van der Waals surface area contributed by atoms with Crippen molar-refractivity contribution in [3.8, 4) is 5.75 Å². The van der Waals surface area contributed by atoms with Crippen LogP contribution in [0.1, 0.15) is 20.8 Å². The first-order valence-electron chi connectivity index (χ1n) is 6.89. The van der Waals surface area contributed by atoms with E-state index in [9.17, 15) is 8.42 Å². The second-order valence-electron chi connectivity index (χ2n) is 4.95. The standard InChI is InChI=1S/C15H20N2O3S/c1-5-20-14-9-13-11(12(16-4)6-7-17-13)8-15(14)21(18,19)10(2)3/h6-10H,5H2,1-4H3,(H,16,17). The molecule has 0 spiro atoms. The molecule has 0 unspecified atom stereocenters. The van der Waals surface area contributed by atoms with E-state index in [0.29, 0.717) is 17.9 Å². The van der Waals surface area contributed by atoms with Crippen LogP contribution in [0.2, 0.25) is 0 Å². The van der Waals surface area contributed by atoms with Crippen LogP contribution in [0, 0.1) is 0 Å². The molecule has 0 saturated heterocycles. The van der Waals surface area contributed by atoms with Gasteiger partial charge >= 0.3 is 0 Å². The third kappa shape index (κ3) is 2.81. The molecule has 1 N–H and O–H groups in total. The van der Waals surface area contributed by atoms with Crippen LogP contribution < -0.4 is 10.1 Å². The van der Waals surface area contributed by atoms with Crippen molar-refractivity contribution in [1.82, 2.24) is 4.98 Å². The third-order valence-electron chi connectivity index (χ3n) is 3.30. The molecule has 0 fully saturated rings. The number of nitrogens with one attached hydrogen (secondary N) is 1. The van der Waals surface area contributed by atoms with Crippen molar-refractivity contribution in [2.24, 2.45) is 0 Å². The SMILES string of the molecule is CCOc1cc2nccc(NC)c2cc1S(=O)(=O)C(C)C. The van der Waals surface area contributed by atoms with Gasteiger partial charge in [-0.2, -0.15) is 0 Å². The number of benzene rings is 1. The van der Waals surface area contributed by atoms with Gasteiger partial charge in [-0.3, -0.25) is 4.98 Å². The summed E-state index contributed by atoms with van der Waals surface area (Å²) in [7, 11) is -1.63. The molecule has 0 bridgehead atoms. The summed E-state index contributed by atoms with van der Waals surface area (Å²) in [5.74, 6) is 0.361. The molecule has 0 radical (unpaired) electrons. The molecule has 2 aromatic rings. The van der Waals surface area contributed by atoms with Crippen molar-refractivity contribution in [3.05, 3.63) is 24.4 Å². The molecule has 0 aliphatic heterocycles. The predicted molar refractivity (Wildman–Crippen MR) is 84.8 cm³/mol. The molecule has 0 aliphatic carbocycles. The highest BCUT2D eigenvalue weighted by molar-refractivity contribution is 7.92. The highest BCUT2D eigenvalue weighted by Gasteiger charge is 2.25. The Balaban J connectivity index is 2.81. The van der Waals surface area contributed by atoms with Crippen LogP contribution in [0.15, 0.2) is 29.3 Å². The maximum absolute atomic E-state index is 12.6. The zero-order valence-corrected chi connectivity index (χ0v) is 13.5. The first kappa shape index (κ1) is 15.6. The van der Waals surface area contributed by atoms with Crippen LogP contribution in [-0.4, -0.2) is 32.3 Å². The lowest BCUT2D eigenvalue weighted by molar-refractivity contribution is 0.331. The molecule has 114 valence electrons. The molecule has 5 nitrogen and oxygen atoms in total. The number of anilines is 1. The van der Waals surface area contributed by atoms with Crippen LogP contribution in [0.25, 0.3) is 10.9 Å². The molecule has 2 rings (SSSR count). The van der Waals surface area contributed by atoms with E-state index in [1.54, 1.807) is 39.2 Å². The average Bonchev–Trinajstić information content (AvgIpc) is 2.45. The number of sulfone groups is 1. The Labute approximate surface area is 125 Å². The van der Waals surface area contributed by atoms with Crippen LogP contribution in [0.4, 0.5) is 5.69 Å². The van der Waals surface area contributed by atoms with E-state index < -0.39 is 15.1 Å². The maximum atomic E-state index is 12.6. The second kappa shape index (κ2) is 5.89. The van der Waals surface area contributed by atoms with E-state index in [-0.39, 0.29) is 4.90 Å². The first-order valence-corrected chi connectivity index (χ1v) is 8.43. The number of hydrogen-bond donors (Lipinski definition) is 1. The minimum Gasteiger partial charge on any atom is -0.492 e. The van der Waals surface area contributed by atoms with Crippen molar-refractivity contribution in [3.63, 3.8) is 0 Å². The van der Waals surface area contributed by atoms with E-state index in [2.05, 4.69) is 10.3 Å². The summed E-state index contributed by atoms with van der Waals surface area (Å²) in [6, 6.07) is 5.15. The minimum atomic E-state index is -3.43. The fraction of sp³-hybridized carbons (Fsp3) is 0.400. The fourth-order valence-electron chi connectivity index (χ4n) is 2.12. The molecule has 1 aromatic carbocycles. The highest BCUT2D eigenvalue weighted by atomic mass is 32.2. The average molecular weight is 308 g/mol. The normalized spacial score (nSPS) is 11.9. The summed E-state index contributed by atoms with van der Waals surface area (Å²) < 4.78 is 30.6. The lowest BCUT2D eigenvalue weighted by Gasteiger charge is -2.15. The van der Waals surface area contributed by atoms with Crippen LogP contribution in [-0.2, 0) is 9.84 Å². The van der Waals surface area contributed by atoms with Gasteiger partial charge in [0.2, 0.25) is 0 Å². The number of ether oxygens (including phenoxy) is 1. The quantitative estimate of drug-likeness (QED) is 0.920. The van der Waals surface area contributed by atoms with Gasteiger partial charge in [0, 0.05) is 30.4 Å². The van der Waals surface area contributed by atoms with E-state index >= 15 is 0 Å². The number of nitrogens with zero attached hydrogens (tertiary/aromatic N) is 1. The van der Waals surface area contributed by atoms with E-state index in [0.717, 1.165) is 11.1 Å². The van der Waals surface area contributed by atoms with E-state index in [1.807, 2.05) is 13.0 Å². The van der Waals surface area contributed by atoms with Gasteiger partial charge in [0.1, 0.15) is 10.6 Å². The summed E-state index contributed by atoms with van der Waals surface area (Å²) in [5.41, 5.74) is 1.54. The molecular weight excluding hydrogens is 288 g/mol. The van der Waals surface area contributed by atoms with Crippen LogP contribution >= 0.6 is 0 Å². The van der Waals surface area contributed by atoms with Gasteiger partial charge in [0.05, 0.1) is 17.4 Å². The molecule has 21 heavy (non-hydrogen) atoms. The molecular formula is C15H20N2O3S. The van der Waals surface area contributed by atoms with Gasteiger partial charge in [-0.25, -0.2) is 8.42 Å². The Kier molecular flexibility index (Phi) is 4.37. The first-order chi connectivity index (χ1) is 9.91. The van der Waals surface area contributed by atoms with E-state index in [1.165, 1.54) is 0 Å². The molecule has 0 aliphatic rings.